The molecule has 0 aliphatic heterocycles. The lowest BCUT2D eigenvalue weighted by atomic mass is 10.2. The van der Waals surface area contributed by atoms with E-state index in [4.69, 9.17) is 9.84 Å². The van der Waals surface area contributed by atoms with Crippen molar-refractivity contribution in [3.63, 3.8) is 0 Å². The summed E-state index contributed by atoms with van der Waals surface area (Å²) >= 11 is 1.50. The summed E-state index contributed by atoms with van der Waals surface area (Å²) in [4.78, 5) is 25.5. The van der Waals surface area contributed by atoms with Gasteiger partial charge in [-0.1, -0.05) is 17.4 Å². The average molecular weight is 531 g/mol. The molecule has 0 saturated carbocycles. The molecule has 0 fully saturated rings. The Morgan fingerprint density at radius 2 is 1.70 bits per heavy atom. The fraction of sp³-hybridized carbons (Fsp3) is 0.167. The summed E-state index contributed by atoms with van der Waals surface area (Å²) in [5, 5.41) is 17.6. The minimum atomic E-state index is -4.51. The van der Waals surface area contributed by atoms with E-state index < -0.39 is 17.8 Å². The Hall–Kier alpha value is -4.23. The van der Waals surface area contributed by atoms with Gasteiger partial charge in [-0.15, -0.1) is 0 Å². The van der Waals surface area contributed by atoms with Crippen LogP contribution in [0.1, 0.15) is 12.0 Å². The molecule has 0 aliphatic carbocycles. The summed E-state index contributed by atoms with van der Waals surface area (Å²) in [6.07, 6.45) is 0.518. The topological polar surface area (TPSA) is 121 Å². The number of nitrogens with zero attached hydrogens (tertiary/aromatic N) is 3. The molecule has 192 valence electrons. The number of aliphatic hydroxyl groups excluding tert-OH is 1. The summed E-state index contributed by atoms with van der Waals surface area (Å²) in [5.41, 5.74) is 0.295. The third kappa shape index (κ3) is 7.38. The van der Waals surface area contributed by atoms with Crippen molar-refractivity contribution in [2.75, 3.05) is 29.1 Å². The van der Waals surface area contributed by atoms with Crippen LogP contribution in [0, 0.1) is 0 Å². The summed E-state index contributed by atoms with van der Waals surface area (Å²) in [5.74, 6) is 0.498. The van der Waals surface area contributed by atoms with E-state index in [0.717, 1.165) is 27.7 Å². The van der Waals surface area contributed by atoms with Crippen LogP contribution < -0.4 is 20.7 Å². The predicted octanol–water partition coefficient (Wildman–Crippen LogP) is 5.85. The number of benzene rings is 2. The van der Waals surface area contributed by atoms with Crippen LogP contribution in [0.15, 0.2) is 67.1 Å². The minimum absolute atomic E-state index is 0.0100. The molecule has 2 amide bonds. The maximum absolute atomic E-state index is 12.8. The molecule has 0 radical (unpaired) electrons. The molecule has 0 spiro atoms. The molecular weight excluding hydrogens is 509 g/mol. The number of hydrogen-bond acceptors (Lipinski definition) is 8. The van der Waals surface area contributed by atoms with E-state index in [1.807, 2.05) is 12.1 Å². The number of rotatable bonds is 9. The SMILES string of the molecule is O=C(Nc1cnc(Oc2ccc(-c3cnc(NCCCO)s3)cc2)nc1)Nc1cccc(C(F)(F)F)c1. The second kappa shape index (κ2) is 11.7. The number of carbonyl (C=O) groups excluding carboxylic acids is 1. The normalized spacial score (nSPS) is 11.1. The molecule has 0 aliphatic rings. The van der Waals surface area contributed by atoms with Gasteiger partial charge in [0.1, 0.15) is 5.75 Å². The van der Waals surface area contributed by atoms with E-state index >= 15 is 0 Å². The van der Waals surface area contributed by atoms with Crippen LogP contribution in [0.25, 0.3) is 10.4 Å². The molecule has 0 atom stereocenters. The number of halogens is 3. The molecule has 2 aromatic heterocycles. The lowest BCUT2D eigenvalue weighted by Crippen LogP contribution is -2.20. The fourth-order valence-corrected chi connectivity index (χ4v) is 3.90. The number of urea groups is 1. The molecule has 2 heterocycles. The zero-order chi connectivity index (χ0) is 26.3. The Morgan fingerprint density at radius 1 is 0.973 bits per heavy atom. The van der Waals surface area contributed by atoms with Crippen LogP contribution in [-0.2, 0) is 6.18 Å². The van der Waals surface area contributed by atoms with Gasteiger partial charge in [-0.05, 0) is 54.4 Å². The van der Waals surface area contributed by atoms with Gasteiger partial charge in [-0.3, -0.25) is 0 Å². The number of amides is 2. The first kappa shape index (κ1) is 25.9. The number of ether oxygens (including phenoxy) is 1. The van der Waals surface area contributed by atoms with Gasteiger partial charge in [0.15, 0.2) is 5.13 Å². The molecule has 37 heavy (non-hydrogen) atoms. The minimum Gasteiger partial charge on any atom is -0.424 e. The lowest BCUT2D eigenvalue weighted by Gasteiger charge is -2.11. The molecule has 13 heteroatoms. The number of hydrogen-bond donors (Lipinski definition) is 4. The molecule has 0 saturated heterocycles. The fourth-order valence-electron chi connectivity index (χ4n) is 3.06. The average Bonchev–Trinajstić information content (AvgIpc) is 3.34. The van der Waals surface area contributed by atoms with Crippen molar-refractivity contribution in [2.24, 2.45) is 0 Å². The van der Waals surface area contributed by atoms with Gasteiger partial charge in [0.2, 0.25) is 0 Å². The van der Waals surface area contributed by atoms with E-state index in [1.165, 1.54) is 35.9 Å². The standard InChI is InChI=1S/C24H21F3N6O3S/c25-24(26,27)16-3-1-4-17(11-16)32-21(35)33-18-12-29-22(30-13-18)36-19-7-5-15(6-8-19)20-14-31-23(37-20)28-9-2-10-34/h1,3-8,11-14,34H,2,9-10H2,(H,28,31)(H2,32,33,35). The molecule has 4 aromatic rings. The van der Waals surface area contributed by atoms with Gasteiger partial charge in [-0.25, -0.2) is 19.7 Å². The van der Waals surface area contributed by atoms with E-state index in [9.17, 15) is 18.0 Å². The number of aromatic nitrogens is 3. The highest BCUT2D eigenvalue weighted by atomic mass is 32.1. The zero-order valence-corrected chi connectivity index (χ0v) is 19.9. The second-order valence-corrected chi connectivity index (χ2v) is 8.60. The maximum Gasteiger partial charge on any atom is 0.416 e. The highest BCUT2D eigenvalue weighted by Crippen LogP contribution is 2.32. The Labute approximate surface area is 213 Å². The van der Waals surface area contributed by atoms with E-state index in [1.54, 1.807) is 18.3 Å². The third-order valence-electron chi connectivity index (χ3n) is 4.80. The molecule has 4 rings (SSSR count). The number of carbonyl (C=O) groups is 1. The number of alkyl halides is 3. The zero-order valence-electron chi connectivity index (χ0n) is 19.1. The van der Waals surface area contributed by atoms with Crippen molar-refractivity contribution < 1.29 is 27.8 Å². The Bertz CT molecular complexity index is 1330. The summed E-state index contributed by atoms with van der Waals surface area (Å²) in [7, 11) is 0. The Kier molecular flexibility index (Phi) is 8.15. The van der Waals surface area contributed by atoms with Crippen LogP contribution in [0.2, 0.25) is 0 Å². The van der Waals surface area contributed by atoms with Crippen molar-refractivity contribution in [3.05, 3.63) is 72.7 Å². The Morgan fingerprint density at radius 3 is 2.41 bits per heavy atom. The van der Waals surface area contributed by atoms with Gasteiger partial charge in [-0.2, -0.15) is 13.2 Å². The highest BCUT2D eigenvalue weighted by Gasteiger charge is 2.30. The van der Waals surface area contributed by atoms with Crippen LogP contribution in [-0.4, -0.2) is 39.2 Å². The van der Waals surface area contributed by atoms with Crippen molar-refractivity contribution in [2.45, 2.75) is 12.6 Å². The molecule has 0 bridgehead atoms. The molecule has 4 N–H and O–H groups in total. The number of anilines is 3. The molecule has 9 nitrogen and oxygen atoms in total. The molecular formula is C24H21F3N6O3S. The van der Waals surface area contributed by atoms with Gasteiger partial charge < -0.3 is 25.8 Å². The van der Waals surface area contributed by atoms with Crippen LogP contribution >= 0.6 is 11.3 Å². The Balaban J connectivity index is 1.30. The van der Waals surface area contributed by atoms with Gasteiger partial charge in [0, 0.05) is 25.0 Å². The lowest BCUT2D eigenvalue weighted by molar-refractivity contribution is -0.137. The first-order valence-electron chi connectivity index (χ1n) is 11.0. The monoisotopic (exact) mass is 530 g/mol. The first-order chi connectivity index (χ1) is 17.8. The third-order valence-corrected chi connectivity index (χ3v) is 5.80. The van der Waals surface area contributed by atoms with Crippen molar-refractivity contribution >= 4 is 33.9 Å². The summed E-state index contributed by atoms with van der Waals surface area (Å²) < 4.78 is 44.1. The van der Waals surface area contributed by atoms with Crippen LogP contribution in [0.5, 0.6) is 11.8 Å². The van der Waals surface area contributed by atoms with E-state index in [-0.39, 0.29) is 24.0 Å². The largest absolute Gasteiger partial charge is 0.424 e. The quantitative estimate of drug-likeness (QED) is 0.200. The van der Waals surface area contributed by atoms with Gasteiger partial charge in [0.05, 0.1) is 28.5 Å². The summed E-state index contributed by atoms with van der Waals surface area (Å²) in [6, 6.07) is 10.8. The van der Waals surface area contributed by atoms with Gasteiger partial charge in [0.25, 0.3) is 0 Å². The highest BCUT2D eigenvalue weighted by molar-refractivity contribution is 7.18. The van der Waals surface area contributed by atoms with Crippen LogP contribution in [0.4, 0.5) is 34.5 Å². The van der Waals surface area contributed by atoms with Crippen LogP contribution in [0.3, 0.4) is 0 Å². The number of nitrogens with one attached hydrogen (secondary N) is 3. The predicted molar refractivity (Wildman–Crippen MR) is 134 cm³/mol. The van der Waals surface area contributed by atoms with Crippen molar-refractivity contribution in [1.29, 1.82) is 0 Å². The summed E-state index contributed by atoms with van der Waals surface area (Å²) in [6.45, 7) is 0.763. The second-order valence-electron chi connectivity index (χ2n) is 7.57. The van der Waals surface area contributed by atoms with Crippen molar-refractivity contribution in [1.82, 2.24) is 15.0 Å². The number of thiazole rings is 1. The van der Waals surface area contributed by atoms with E-state index in [0.29, 0.717) is 18.7 Å². The maximum atomic E-state index is 12.8. The molecule has 2 aromatic carbocycles. The van der Waals surface area contributed by atoms with Gasteiger partial charge >= 0.3 is 18.2 Å². The smallest absolute Gasteiger partial charge is 0.416 e. The van der Waals surface area contributed by atoms with Crippen molar-refractivity contribution in [3.8, 4) is 22.2 Å². The number of aliphatic hydroxyl groups is 1. The van der Waals surface area contributed by atoms with E-state index in [2.05, 4.69) is 30.9 Å². The molecule has 0 unspecified atom stereocenters. The first-order valence-corrected chi connectivity index (χ1v) is 11.8.